The topological polar surface area (TPSA) is 63.7 Å². The molecule has 0 rings (SSSR count). The third-order valence-electron chi connectivity index (χ3n) is 1.90. The summed E-state index contributed by atoms with van der Waals surface area (Å²) in [4.78, 5) is 11.2. The van der Waals surface area contributed by atoms with Crippen LogP contribution in [-0.2, 0) is 19.6 Å². The molecule has 5 nitrogen and oxygen atoms in total. The minimum Gasteiger partial charge on any atom is -0.465 e. The quantitative estimate of drug-likeness (QED) is 0.494. The van der Waals surface area contributed by atoms with E-state index in [1.54, 1.807) is 20.8 Å². The molecule has 16 heavy (non-hydrogen) atoms. The van der Waals surface area contributed by atoms with Gasteiger partial charge in [0.25, 0.3) is 0 Å². The Morgan fingerprint density at radius 2 is 2.06 bits per heavy atom. The monoisotopic (exact) mass is 249 g/mol. The second-order valence-electron chi connectivity index (χ2n) is 3.48. The Balaban J connectivity index is 4.75. The van der Waals surface area contributed by atoms with E-state index in [9.17, 15) is 13.2 Å². The fourth-order valence-corrected chi connectivity index (χ4v) is 2.25. The van der Waals surface area contributed by atoms with Crippen LogP contribution < -0.4 is 0 Å². The van der Waals surface area contributed by atoms with Crippen LogP contribution in [0.2, 0.25) is 0 Å². The molecule has 0 atom stereocenters. The molecule has 0 radical (unpaired) electrons. The summed E-state index contributed by atoms with van der Waals surface area (Å²) in [6.07, 6.45) is 1.44. The highest BCUT2D eigenvalue weighted by Crippen LogP contribution is 2.08. The summed E-state index contributed by atoms with van der Waals surface area (Å²) in [5, 5.41) is -0.568. The second kappa shape index (κ2) is 6.65. The molecule has 0 saturated heterocycles. The van der Waals surface area contributed by atoms with Gasteiger partial charge in [0.2, 0.25) is 10.0 Å². The minimum absolute atomic E-state index is 0.110. The smallest absolute Gasteiger partial charge is 0.321 e. The van der Waals surface area contributed by atoms with Crippen molar-refractivity contribution in [2.75, 3.05) is 19.7 Å². The van der Waals surface area contributed by atoms with E-state index in [1.807, 2.05) is 0 Å². The zero-order valence-corrected chi connectivity index (χ0v) is 10.8. The van der Waals surface area contributed by atoms with Gasteiger partial charge in [0, 0.05) is 6.54 Å². The van der Waals surface area contributed by atoms with Crippen molar-refractivity contribution in [2.24, 2.45) is 0 Å². The van der Waals surface area contributed by atoms with E-state index in [0.717, 1.165) is 4.31 Å². The highest BCUT2D eigenvalue weighted by molar-refractivity contribution is 7.89. The average Bonchev–Trinajstić information content (AvgIpc) is 2.17. The number of hydrogen-bond acceptors (Lipinski definition) is 4. The first-order valence-corrected chi connectivity index (χ1v) is 6.62. The number of rotatable bonds is 7. The third kappa shape index (κ3) is 4.32. The standard InChI is InChI=1S/C10H19NO4S/c1-5-7-11(8-10(12)15-6-2)16(13,14)9(3)4/h5,9H,1,6-8H2,2-4H3. The van der Waals surface area contributed by atoms with Crippen molar-refractivity contribution >= 4 is 16.0 Å². The first kappa shape index (κ1) is 15.1. The van der Waals surface area contributed by atoms with Crippen molar-refractivity contribution in [1.82, 2.24) is 4.31 Å². The SMILES string of the molecule is C=CCN(CC(=O)OCC)S(=O)(=O)C(C)C. The molecular formula is C10H19NO4S. The van der Waals surface area contributed by atoms with Crippen LogP contribution in [-0.4, -0.2) is 43.6 Å². The molecule has 0 bridgehead atoms. The van der Waals surface area contributed by atoms with E-state index >= 15 is 0 Å². The van der Waals surface area contributed by atoms with Gasteiger partial charge in [0.05, 0.1) is 11.9 Å². The van der Waals surface area contributed by atoms with Crippen molar-refractivity contribution in [3.8, 4) is 0 Å². The van der Waals surface area contributed by atoms with Gasteiger partial charge >= 0.3 is 5.97 Å². The fourth-order valence-electron chi connectivity index (χ4n) is 1.05. The summed E-state index contributed by atoms with van der Waals surface area (Å²) in [5.41, 5.74) is 0. The number of nitrogens with zero attached hydrogens (tertiary/aromatic N) is 1. The molecule has 0 aromatic rings. The lowest BCUT2D eigenvalue weighted by Crippen LogP contribution is -2.40. The lowest BCUT2D eigenvalue weighted by Gasteiger charge is -2.21. The highest BCUT2D eigenvalue weighted by atomic mass is 32.2. The molecule has 6 heteroatoms. The third-order valence-corrected chi connectivity index (χ3v) is 4.09. The van der Waals surface area contributed by atoms with Gasteiger partial charge in [-0.1, -0.05) is 6.08 Å². The molecule has 0 saturated carbocycles. The van der Waals surface area contributed by atoms with E-state index in [2.05, 4.69) is 6.58 Å². The van der Waals surface area contributed by atoms with E-state index in [4.69, 9.17) is 4.74 Å². The number of carbonyl (C=O) groups excluding carboxylic acids is 1. The number of sulfonamides is 1. The van der Waals surface area contributed by atoms with E-state index < -0.39 is 21.2 Å². The summed E-state index contributed by atoms with van der Waals surface area (Å²) in [6.45, 7) is 8.36. The zero-order valence-electron chi connectivity index (χ0n) is 9.97. The molecule has 0 unspecified atom stereocenters. The largest absolute Gasteiger partial charge is 0.465 e. The van der Waals surface area contributed by atoms with Gasteiger partial charge in [-0.15, -0.1) is 6.58 Å². The number of carbonyl (C=O) groups is 1. The molecule has 0 aromatic heterocycles. The van der Waals surface area contributed by atoms with Crippen LogP contribution in [0.5, 0.6) is 0 Å². The van der Waals surface area contributed by atoms with Crippen LogP contribution in [0, 0.1) is 0 Å². The summed E-state index contributed by atoms with van der Waals surface area (Å²) in [7, 11) is -3.45. The molecule has 0 aliphatic carbocycles. The Bertz CT molecular complexity index is 335. The minimum atomic E-state index is -3.45. The van der Waals surface area contributed by atoms with Crippen molar-refractivity contribution in [2.45, 2.75) is 26.0 Å². The van der Waals surface area contributed by atoms with Crippen LogP contribution in [0.15, 0.2) is 12.7 Å². The summed E-state index contributed by atoms with van der Waals surface area (Å²) < 4.78 is 29.4. The van der Waals surface area contributed by atoms with Crippen LogP contribution in [0.1, 0.15) is 20.8 Å². The first-order chi connectivity index (χ1) is 7.36. The fraction of sp³-hybridized carbons (Fsp3) is 0.700. The van der Waals surface area contributed by atoms with Crippen molar-refractivity contribution in [1.29, 1.82) is 0 Å². The van der Waals surface area contributed by atoms with E-state index in [-0.39, 0.29) is 19.7 Å². The Morgan fingerprint density at radius 3 is 2.44 bits per heavy atom. The summed E-state index contributed by atoms with van der Waals surface area (Å²) >= 11 is 0. The molecule has 0 aliphatic rings. The Labute approximate surface area is 97.1 Å². The van der Waals surface area contributed by atoms with Crippen LogP contribution >= 0.6 is 0 Å². The molecule has 0 spiro atoms. The molecule has 0 fully saturated rings. The van der Waals surface area contributed by atoms with E-state index in [1.165, 1.54) is 6.08 Å². The van der Waals surface area contributed by atoms with Crippen molar-refractivity contribution in [3.63, 3.8) is 0 Å². The number of hydrogen-bond donors (Lipinski definition) is 0. The Hall–Kier alpha value is -0.880. The predicted molar refractivity (Wildman–Crippen MR) is 62.5 cm³/mol. The molecule has 94 valence electrons. The second-order valence-corrected chi connectivity index (χ2v) is 5.97. The molecular weight excluding hydrogens is 230 g/mol. The maximum Gasteiger partial charge on any atom is 0.321 e. The lowest BCUT2D eigenvalue weighted by atomic mass is 10.5. The van der Waals surface area contributed by atoms with E-state index in [0.29, 0.717) is 0 Å². The zero-order chi connectivity index (χ0) is 12.8. The van der Waals surface area contributed by atoms with Gasteiger partial charge in [-0.05, 0) is 20.8 Å². The van der Waals surface area contributed by atoms with Gasteiger partial charge in [0.1, 0.15) is 6.54 Å². The Kier molecular flexibility index (Phi) is 6.28. The molecule has 0 aromatic carbocycles. The van der Waals surface area contributed by atoms with Gasteiger partial charge < -0.3 is 4.74 Å². The maximum atomic E-state index is 11.8. The molecule has 0 aliphatic heterocycles. The van der Waals surface area contributed by atoms with Gasteiger partial charge in [-0.25, -0.2) is 8.42 Å². The van der Waals surface area contributed by atoms with Gasteiger partial charge in [-0.2, -0.15) is 4.31 Å². The normalized spacial score (nSPS) is 11.8. The van der Waals surface area contributed by atoms with Crippen LogP contribution in [0.3, 0.4) is 0 Å². The molecule has 0 heterocycles. The first-order valence-electron chi connectivity index (χ1n) is 5.11. The van der Waals surface area contributed by atoms with Gasteiger partial charge in [0.15, 0.2) is 0 Å². The predicted octanol–water partition coefficient (Wildman–Crippen LogP) is 0.776. The lowest BCUT2D eigenvalue weighted by molar-refractivity contribution is -0.143. The van der Waals surface area contributed by atoms with Gasteiger partial charge in [-0.3, -0.25) is 4.79 Å². The maximum absolute atomic E-state index is 11.8. The highest BCUT2D eigenvalue weighted by Gasteiger charge is 2.27. The van der Waals surface area contributed by atoms with Crippen LogP contribution in [0.25, 0.3) is 0 Å². The number of esters is 1. The Morgan fingerprint density at radius 1 is 1.50 bits per heavy atom. The average molecular weight is 249 g/mol. The summed E-state index contributed by atoms with van der Waals surface area (Å²) in [6, 6.07) is 0. The van der Waals surface area contributed by atoms with Crippen molar-refractivity contribution in [3.05, 3.63) is 12.7 Å². The van der Waals surface area contributed by atoms with Crippen molar-refractivity contribution < 1.29 is 17.9 Å². The summed E-state index contributed by atoms with van der Waals surface area (Å²) in [5.74, 6) is -0.548. The van der Waals surface area contributed by atoms with Crippen LogP contribution in [0.4, 0.5) is 0 Å². The number of ether oxygens (including phenoxy) is 1. The molecule has 0 N–H and O–H groups in total. The molecule has 0 amide bonds.